The van der Waals surface area contributed by atoms with Crippen molar-refractivity contribution in [1.82, 2.24) is 0 Å². The highest BCUT2D eigenvalue weighted by molar-refractivity contribution is 6.72. The summed E-state index contributed by atoms with van der Waals surface area (Å²) in [5.41, 5.74) is 1.97. The van der Waals surface area contributed by atoms with Gasteiger partial charge in [0.25, 0.3) is 0 Å². The minimum Gasteiger partial charge on any atom is -0.131 e. The van der Waals surface area contributed by atoms with Crippen LogP contribution >= 0.6 is 23.2 Å². The van der Waals surface area contributed by atoms with E-state index >= 15 is 0 Å². The van der Waals surface area contributed by atoms with Gasteiger partial charge in [0.15, 0.2) is 0 Å². The van der Waals surface area contributed by atoms with Gasteiger partial charge in [0.05, 0.1) is 17.6 Å². The molecule has 2 atom stereocenters. The Bertz CT molecular complexity index is 129. The number of hydrogen-bond acceptors (Lipinski definition) is 0. The predicted octanol–water partition coefficient (Wildman–Crippen LogP) is 4.60. The molecule has 0 amide bonds. The number of hydrogen-bond donors (Lipinski definition) is 0. The molecule has 0 fully saturated rings. The third-order valence-electron chi connectivity index (χ3n) is 3.35. The third kappa shape index (κ3) is 9.09. The summed E-state index contributed by atoms with van der Waals surface area (Å²) < 4.78 is 0. The van der Waals surface area contributed by atoms with Crippen LogP contribution in [0.5, 0.6) is 0 Å². The molecule has 4 heteroatoms. The van der Waals surface area contributed by atoms with Gasteiger partial charge < -0.3 is 0 Å². The lowest BCUT2D eigenvalue weighted by Gasteiger charge is -2.16. The van der Waals surface area contributed by atoms with Crippen LogP contribution in [0.1, 0.15) is 39.5 Å². The molecule has 0 aromatic heterocycles. The van der Waals surface area contributed by atoms with Crippen molar-refractivity contribution in [3.8, 4) is 0 Å². The van der Waals surface area contributed by atoms with Crippen LogP contribution in [-0.2, 0) is 0 Å². The zero-order valence-corrected chi connectivity index (χ0v) is 14.8. The van der Waals surface area contributed by atoms with Crippen LogP contribution in [0.2, 0.25) is 24.2 Å². The maximum atomic E-state index is 6.08. The molecule has 0 saturated heterocycles. The van der Waals surface area contributed by atoms with Crippen LogP contribution in [0, 0.1) is 0 Å². The average molecular weight is 299 g/mol. The van der Waals surface area contributed by atoms with Gasteiger partial charge >= 0.3 is 0 Å². The van der Waals surface area contributed by atoms with Crippen molar-refractivity contribution in [1.29, 1.82) is 0 Å². The van der Waals surface area contributed by atoms with Crippen LogP contribution in [0.15, 0.2) is 0 Å². The highest BCUT2D eigenvalue weighted by Crippen LogP contribution is 2.15. The van der Waals surface area contributed by atoms with Gasteiger partial charge in [-0.3, -0.25) is 0 Å². The molecule has 0 aliphatic heterocycles. The highest BCUT2D eigenvalue weighted by atomic mass is 35.5. The van der Waals surface area contributed by atoms with Gasteiger partial charge in [-0.05, 0) is 0 Å². The monoisotopic (exact) mass is 298 g/mol. The molecule has 0 aliphatic carbocycles. The van der Waals surface area contributed by atoms with Crippen molar-refractivity contribution in [3.63, 3.8) is 0 Å². The lowest BCUT2D eigenvalue weighted by atomic mass is 10.4. The number of rotatable bonds is 11. The summed E-state index contributed by atoms with van der Waals surface area (Å²) >= 11 is 12.2. The van der Waals surface area contributed by atoms with E-state index < -0.39 is 17.6 Å². The Hall–Kier alpha value is 1.01. The van der Waals surface area contributed by atoms with Crippen LogP contribution < -0.4 is 0 Å². The topological polar surface area (TPSA) is 0 Å². The minimum absolute atomic E-state index is 0.593. The summed E-state index contributed by atoms with van der Waals surface area (Å²) in [4.78, 5) is 0. The van der Waals surface area contributed by atoms with E-state index in [9.17, 15) is 0 Å². The summed E-state index contributed by atoms with van der Waals surface area (Å²) in [5, 5.41) is 0. The van der Waals surface area contributed by atoms with Gasteiger partial charge in [0, 0.05) is 11.0 Å². The summed E-state index contributed by atoms with van der Waals surface area (Å²) in [7, 11) is -1.19. The molecule has 2 unspecified atom stereocenters. The minimum atomic E-state index is -0.593. The van der Waals surface area contributed by atoms with Crippen molar-refractivity contribution < 1.29 is 0 Å². The van der Waals surface area contributed by atoms with E-state index in [2.05, 4.69) is 13.8 Å². The average Bonchev–Trinajstić information content (AvgIpc) is 2.33. The first kappa shape index (κ1) is 17.0. The second-order valence-electron chi connectivity index (χ2n) is 4.90. The van der Waals surface area contributed by atoms with Crippen molar-refractivity contribution in [2.24, 2.45) is 0 Å². The Morgan fingerprint density at radius 3 is 1.31 bits per heavy atom. The molecule has 16 heavy (non-hydrogen) atoms. The van der Waals surface area contributed by atoms with Crippen LogP contribution in [0.3, 0.4) is 0 Å². The largest absolute Gasteiger partial charge is 0.131 e. The molecule has 0 radical (unpaired) electrons. The van der Waals surface area contributed by atoms with E-state index in [1.165, 1.54) is 49.9 Å². The van der Waals surface area contributed by atoms with E-state index in [-0.39, 0.29) is 0 Å². The van der Waals surface area contributed by atoms with Gasteiger partial charge in [0.2, 0.25) is 0 Å². The van der Waals surface area contributed by atoms with E-state index in [0.717, 1.165) is 11.0 Å². The number of halogens is 2. The van der Waals surface area contributed by atoms with Crippen LogP contribution in [0.25, 0.3) is 0 Å². The molecule has 0 aromatic carbocycles. The molecule has 98 valence electrons. The fourth-order valence-corrected chi connectivity index (χ4v) is 10.8. The predicted molar refractivity (Wildman–Crippen MR) is 84.8 cm³/mol. The molecule has 0 spiro atoms. The first-order valence-electron chi connectivity index (χ1n) is 6.90. The maximum Gasteiger partial charge on any atom is 0.0537 e. The second kappa shape index (κ2) is 12.5. The zero-order valence-electron chi connectivity index (χ0n) is 11.0. The normalized spacial score (nSPS) is 15.0. The summed E-state index contributed by atoms with van der Waals surface area (Å²) in [6.07, 6.45) is 5.44. The molecule has 0 nitrogen and oxygen atoms in total. The zero-order chi connectivity index (χ0) is 12.2. The molecular formula is C12H28Cl2Si2. The maximum absolute atomic E-state index is 6.08. The molecule has 0 aliphatic rings. The Labute approximate surface area is 115 Å². The van der Waals surface area contributed by atoms with E-state index in [0.29, 0.717) is 0 Å². The first-order chi connectivity index (χ1) is 7.78. The van der Waals surface area contributed by atoms with Crippen LogP contribution in [0.4, 0.5) is 0 Å². The summed E-state index contributed by atoms with van der Waals surface area (Å²) in [5.74, 6) is 0. The van der Waals surface area contributed by atoms with Crippen molar-refractivity contribution in [3.05, 3.63) is 0 Å². The Kier molecular flexibility index (Phi) is 13.3. The Balaban J connectivity index is 3.69. The standard InChI is InChI=1S/C12H28Cl2Si2/c1-3-5-7-15(11-13)9-10-16(12-14)8-6-4-2/h15-16H,3-12H2,1-2H3. The second-order valence-corrected chi connectivity index (χ2v) is 13.1. The van der Waals surface area contributed by atoms with E-state index in [1.807, 2.05) is 0 Å². The van der Waals surface area contributed by atoms with Gasteiger partial charge in [-0.15, -0.1) is 23.2 Å². The number of alkyl halides is 2. The van der Waals surface area contributed by atoms with E-state index in [1.54, 1.807) is 0 Å². The smallest absolute Gasteiger partial charge is 0.0537 e. The number of unbranched alkanes of at least 4 members (excludes halogenated alkanes) is 2. The molecule has 0 saturated carbocycles. The Morgan fingerprint density at radius 2 is 1.06 bits per heavy atom. The highest BCUT2D eigenvalue weighted by Gasteiger charge is 2.14. The molecular weight excluding hydrogens is 271 g/mol. The van der Waals surface area contributed by atoms with Crippen molar-refractivity contribution in [2.45, 2.75) is 63.7 Å². The lowest BCUT2D eigenvalue weighted by Crippen LogP contribution is -2.21. The summed E-state index contributed by atoms with van der Waals surface area (Å²) in [6, 6.07) is 5.85. The SMILES string of the molecule is CCCC[SiH](CCl)CC[SiH](CCl)CCCC. The molecule has 0 rings (SSSR count). The fraction of sp³-hybridized carbons (Fsp3) is 1.00. The van der Waals surface area contributed by atoms with Crippen molar-refractivity contribution >= 4 is 40.8 Å². The van der Waals surface area contributed by atoms with Gasteiger partial charge in [-0.2, -0.15) is 0 Å². The quantitative estimate of drug-likeness (QED) is 0.386. The van der Waals surface area contributed by atoms with Gasteiger partial charge in [-0.1, -0.05) is 63.7 Å². The molecule has 0 N–H and O–H groups in total. The molecule has 0 bridgehead atoms. The Morgan fingerprint density at radius 1 is 0.688 bits per heavy atom. The molecule has 0 heterocycles. The van der Waals surface area contributed by atoms with Crippen LogP contribution in [-0.4, -0.2) is 28.6 Å². The lowest BCUT2D eigenvalue weighted by molar-refractivity contribution is 0.866. The van der Waals surface area contributed by atoms with Crippen molar-refractivity contribution in [2.75, 3.05) is 11.0 Å². The van der Waals surface area contributed by atoms with Gasteiger partial charge in [0.1, 0.15) is 0 Å². The van der Waals surface area contributed by atoms with Gasteiger partial charge in [-0.25, -0.2) is 0 Å². The summed E-state index contributed by atoms with van der Waals surface area (Å²) in [6.45, 7) is 4.55. The molecule has 0 aromatic rings. The van der Waals surface area contributed by atoms with E-state index in [4.69, 9.17) is 23.2 Å². The first-order valence-corrected chi connectivity index (χ1v) is 12.9. The third-order valence-corrected chi connectivity index (χ3v) is 12.3. The fourth-order valence-electron chi connectivity index (χ4n) is 2.05.